The van der Waals surface area contributed by atoms with E-state index in [4.69, 9.17) is 9.47 Å². The number of nitrogens with zero attached hydrogens (tertiary/aromatic N) is 3. The van der Waals surface area contributed by atoms with Crippen molar-refractivity contribution < 1.29 is 9.47 Å². The van der Waals surface area contributed by atoms with Gasteiger partial charge in [0.1, 0.15) is 12.7 Å². The highest BCUT2D eigenvalue weighted by atomic mass is 16.6. The molecule has 2 unspecified atom stereocenters. The van der Waals surface area contributed by atoms with Crippen LogP contribution in [0.25, 0.3) is 0 Å². The fraction of sp³-hybridized carbons (Fsp3) is 0.500. The van der Waals surface area contributed by atoms with Gasteiger partial charge in [0.2, 0.25) is 0 Å². The van der Waals surface area contributed by atoms with E-state index in [1.165, 1.54) is 11.3 Å². The van der Waals surface area contributed by atoms with Gasteiger partial charge >= 0.3 is 0 Å². The zero-order chi connectivity index (χ0) is 19.4. The van der Waals surface area contributed by atoms with E-state index >= 15 is 0 Å². The van der Waals surface area contributed by atoms with E-state index in [9.17, 15) is 0 Å². The van der Waals surface area contributed by atoms with E-state index in [-0.39, 0.29) is 12.1 Å². The van der Waals surface area contributed by atoms with Crippen molar-refractivity contribution in [1.29, 1.82) is 0 Å². The third-order valence-corrected chi connectivity index (χ3v) is 4.84. The lowest BCUT2D eigenvalue weighted by Gasteiger charge is -2.27. The monoisotopic (exact) mass is 371 g/mol. The van der Waals surface area contributed by atoms with Gasteiger partial charge in [-0.3, -0.25) is 9.67 Å². The van der Waals surface area contributed by atoms with Crippen LogP contribution in [0.1, 0.15) is 23.9 Å². The maximum Gasteiger partial charge on any atom is 0.191 e. The minimum Gasteiger partial charge on any atom is -0.486 e. The molecule has 0 aliphatic carbocycles. The molecular formula is C20H29N5O2. The van der Waals surface area contributed by atoms with Crippen molar-refractivity contribution in [3.05, 3.63) is 41.2 Å². The first kappa shape index (κ1) is 19.1. The van der Waals surface area contributed by atoms with E-state index in [0.717, 1.165) is 29.6 Å². The van der Waals surface area contributed by atoms with Crippen LogP contribution in [-0.2, 0) is 13.5 Å². The molecule has 7 heteroatoms. The van der Waals surface area contributed by atoms with Crippen LogP contribution in [0.4, 0.5) is 0 Å². The number of para-hydroxylation sites is 2. The molecule has 2 N–H and O–H groups in total. The molecule has 0 amide bonds. The number of aryl methyl sites for hydroxylation is 2. The minimum atomic E-state index is -0.0587. The first-order valence-electron chi connectivity index (χ1n) is 9.32. The summed E-state index contributed by atoms with van der Waals surface area (Å²) in [5.74, 6) is 2.34. The van der Waals surface area contributed by atoms with E-state index in [1.807, 2.05) is 36.0 Å². The van der Waals surface area contributed by atoms with Crippen LogP contribution in [0.3, 0.4) is 0 Å². The molecule has 0 saturated heterocycles. The number of guanidine groups is 1. The van der Waals surface area contributed by atoms with Crippen molar-refractivity contribution >= 4 is 5.96 Å². The van der Waals surface area contributed by atoms with Crippen LogP contribution in [0.2, 0.25) is 0 Å². The second-order valence-electron chi connectivity index (χ2n) is 6.97. The molecule has 27 heavy (non-hydrogen) atoms. The van der Waals surface area contributed by atoms with Gasteiger partial charge in [-0.05, 0) is 44.9 Å². The smallest absolute Gasteiger partial charge is 0.191 e. The van der Waals surface area contributed by atoms with Gasteiger partial charge in [0.15, 0.2) is 17.5 Å². The van der Waals surface area contributed by atoms with Crippen molar-refractivity contribution in [2.24, 2.45) is 12.0 Å². The van der Waals surface area contributed by atoms with Gasteiger partial charge in [-0.1, -0.05) is 12.1 Å². The SMILES string of the molecule is CN=C(NCC1COc2ccccc2O1)NC(C)Cc1c(C)nn(C)c1C. The highest BCUT2D eigenvalue weighted by Crippen LogP contribution is 2.30. The largest absolute Gasteiger partial charge is 0.486 e. The van der Waals surface area contributed by atoms with Crippen molar-refractivity contribution in [3.63, 3.8) is 0 Å². The normalized spacial score (nSPS) is 17.5. The van der Waals surface area contributed by atoms with E-state index < -0.39 is 0 Å². The lowest BCUT2D eigenvalue weighted by atomic mass is 10.1. The Morgan fingerprint density at radius 1 is 1.33 bits per heavy atom. The minimum absolute atomic E-state index is 0.0587. The third-order valence-electron chi connectivity index (χ3n) is 4.84. The number of rotatable bonds is 5. The average molecular weight is 371 g/mol. The van der Waals surface area contributed by atoms with Gasteiger partial charge in [-0.15, -0.1) is 0 Å². The summed E-state index contributed by atoms with van der Waals surface area (Å²) in [6.45, 7) is 7.44. The topological polar surface area (TPSA) is 72.7 Å². The molecule has 0 bridgehead atoms. The molecule has 0 saturated carbocycles. The van der Waals surface area contributed by atoms with E-state index in [0.29, 0.717) is 13.2 Å². The van der Waals surface area contributed by atoms with Crippen LogP contribution in [0.5, 0.6) is 11.5 Å². The van der Waals surface area contributed by atoms with Crippen molar-refractivity contribution in [2.75, 3.05) is 20.2 Å². The number of aromatic nitrogens is 2. The maximum atomic E-state index is 5.98. The second kappa shape index (κ2) is 8.33. The van der Waals surface area contributed by atoms with Crippen LogP contribution in [-0.4, -0.2) is 48.1 Å². The third kappa shape index (κ3) is 4.53. The predicted octanol–water partition coefficient (Wildman–Crippen LogP) is 1.97. The lowest BCUT2D eigenvalue weighted by Crippen LogP contribution is -2.48. The van der Waals surface area contributed by atoms with Gasteiger partial charge < -0.3 is 20.1 Å². The first-order valence-corrected chi connectivity index (χ1v) is 9.32. The molecule has 0 fully saturated rings. The summed E-state index contributed by atoms with van der Waals surface area (Å²) in [7, 11) is 3.75. The summed E-state index contributed by atoms with van der Waals surface area (Å²) < 4.78 is 13.7. The number of hydrogen-bond acceptors (Lipinski definition) is 4. The zero-order valence-corrected chi connectivity index (χ0v) is 16.7. The molecule has 7 nitrogen and oxygen atoms in total. The number of benzene rings is 1. The summed E-state index contributed by atoms with van der Waals surface area (Å²) in [6, 6.07) is 7.96. The van der Waals surface area contributed by atoms with Crippen molar-refractivity contribution in [3.8, 4) is 11.5 Å². The van der Waals surface area contributed by atoms with Gasteiger partial charge in [0.05, 0.1) is 12.2 Å². The van der Waals surface area contributed by atoms with Crippen molar-refractivity contribution in [1.82, 2.24) is 20.4 Å². The van der Waals surface area contributed by atoms with E-state index in [1.54, 1.807) is 7.05 Å². The Bertz CT molecular complexity index is 815. The Morgan fingerprint density at radius 3 is 2.74 bits per heavy atom. The van der Waals surface area contributed by atoms with Crippen molar-refractivity contribution in [2.45, 2.75) is 39.3 Å². The second-order valence-corrected chi connectivity index (χ2v) is 6.97. The van der Waals surface area contributed by atoms with Gasteiger partial charge in [-0.2, -0.15) is 5.10 Å². The maximum absolute atomic E-state index is 5.98. The summed E-state index contributed by atoms with van der Waals surface area (Å²) in [6.07, 6.45) is 0.833. The number of fused-ring (bicyclic) bond motifs is 1. The average Bonchev–Trinajstić information content (AvgIpc) is 2.91. The van der Waals surface area contributed by atoms with Crippen LogP contribution in [0.15, 0.2) is 29.3 Å². The zero-order valence-electron chi connectivity index (χ0n) is 16.7. The molecule has 146 valence electrons. The fourth-order valence-electron chi connectivity index (χ4n) is 3.27. The van der Waals surface area contributed by atoms with Crippen LogP contribution < -0.4 is 20.1 Å². The Labute approximate surface area is 160 Å². The molecule has 1 aliphatic heterocycles. The first-order chi connectivity index (χ1) is 13.0. The van der Waals surface area contributed by atoms with Gasteiger partial charge in [-0.25, -0.2) is 0 Å². The number of ether oxygens (including phenoxy) is 2. The summed E-state index contributed by atoms with van der Waals surface area (Å²) in [5.41, 5.74) is 3.57. The Hall–Kier alpha value is -2.70. The highest BCUT2D eigenvalue weighted by molar-refractivity contribution is 5.80. The number of hydrogen-bond donors (Lipinski definition) is 2. The molecule has 3 rings (SSSR count). The molecular weight excluding hydrogens is 342 g/mol. The molecule has 1 aromatic heterocycles. The standard InChI is InChI=1S/C20H29N5O2/c1-13(10-17-14(2)24-25(5)15(17)3)23-20(21-4)22-11-16-12-26-18-8-6-7-9-19(18)27-16/h6-9,13,16H,10-12H2,1-5H3,(H2,21,22,23). The fourth-order valence-corrected chi connectivity index (χ4v) is 3.27. The Kier molecular flexibility index (Phi) is 5.88. The summed E-state index contributed by atoms with van der Waals surface area (Å²) in [5, 5.41) is 11.3. The quantitative estimate of drug-likeness (QED) is 0.621. The van der Waals surface area contributed by atoms with E-state index in [2.05, 4.69) is 41.5 Å². The molecule has 2 atom stereocenters. The predicted molar refractivity (Wildman–Crippen MR) is 107 cm³/mol. The number of aliphatic imine (C=N–C) groups is 1. The molecule has 2 aromatic rings. The molecule has 0 radical (unpaired) electrons. The summed E-state index contributed by atoms with van der Waals surface area (Å²) >= 11 is 0. The van der Waals surface area contributed by atoms with Crippen LogP contribution in [0, 0.1) is 13.8 Å². The lowest BCUT2D eigenvalue weighted by molar-refractivity contribution is 0.0936. The molecule has 0 spiro atoms. The van der Waals surface area contributed by atoms with Crippen LogP contribution >= 0.6 is 0 Å². The number of nitrogens with one attached hydrogen (secondary N) is 2. The molecule has 2 heterocycles. The highest BCUT2D eigenvalue weighted by Gasteiger charge is 2.21. The van der Waals surface area contributed by atoms with Gasteiger partial charge in [0, 0.05) is 25.8 Å². The summed E-state index contributed by atoms with van der Waals surface area (Å²) in [4.78, 5) is 4.33. The molecule has 1 aromatic carbocycles. The van der Waals surface area contributed by atoms with Gasteiger partial charge in [0.25, 0.3) is 0 Å². The Morgan fingerprint density at radius 2 is 2.07 bits per heavy atom. The Balaban J connectivity index is 1.51. The molecule has 1 aliphatic rings.